The van der Waals surface area contributed by atoms with Crippen molar-refractivity contribution in [3.8, 4) is 0 Å². The van der Waals surface area contributed by atoms with Crippen molar-refractivity contribution in [3.63, 3.8) is 0 Å². The molecule has 1 N–H and O–H groups in total. The summed E-state index contributed by atoms with van der Waals surface area (Å²) in [5.41, 5.74) is 0.566. The summed E-state index contributed by atoms with van der Waals surface area (Å²) in [5.74, 6) is 0. The Bertz CT molecular complexity index is 204. The molecule has 2 aliphatic heterocycles. The van der Waals surface area contributed by atoms with E-state index in [0.717, 1.165) is 0 Å². The second-order valence-electron chi connectivity index (χ2n) is 5.06. The second-order valence-corrected chi connectivity index (χ2v) is 5.06. The molecule has 0 spiro atoms. The Morgan fingerprint density at radius 2 is 2.07 bits per heavy atom. The molecule has 0 saturated carbocycles. The van der Waals surface area contributed by atoms with Gasteiger partial charge in [-0.05, 0) is 37.8 Å². The van der Waals surface area contributed by atoms with Gasteiger partial charge in [0, 0.05) is 19.6 Å². The van der Waals surface area contributed by atoms with E-state index in [1.165, 1.54) is 52.0 Å². The molecular weight excluding hydrogens is 172 g/mol. The SMILES string of the molecule is CC1(CN2CC=CCC2)CCNCC1. The predicted molar refractivity (Wildman–Crippen MR) is 60.4 cm³/mol. The summed E-state index contributed by atoms with van der Waals surface area (Å²) >= 11 is 0. The fourth-order valence-corrected chi connectivity index (χ4v) is 2.56. The molecule has 0 unspecified atom stereocenters. The first-order valence-corrected chi connectivity index (χ1v) is 5.87. The first kappa shape index (κ1) is 10.2. The summed E-state index contributed by atoms with van der Waals surface area (Å²) in [6, 6.07) is 0. The lowest BCUT2D eigenvalue weighted by Gasteiger charge is -2.39. The van der Waals surface area contributed by atoms with Crippen LogP contribution in [0.5, 0.6) is 0 Å². The third-order valence-corrected chi connectivity index (χ3v) is 3.56. The fraction of sp³-hybridized carbons (Fsp3) is 0.833. The molecule has 1 saturated heterocycles. The summed E-state index contributed by atoms with van der Waals surface area (Å²) in [4.78, 5) is 2.60. The number of rotatable bonds is 2. The molecule has 80 valence electrons. The molecule has 0 aromatic heterocycles. The molecule has 2 aliphatic rings. The Morgan fingerprint density at radius 1 is 1.29 bits per heavy atom. The van der Waals surface area contributed by atoms with Gasteiger partial charge >= 0.3 is 0 Å². The van der Waals surface area contributed by atoms with Crippen LogP contribution in [0, 0.1) is 5.41 Å². The Hall–Kier alpha value is -0.340. The lowest BCUT2D eigenvalue weighted by molar-refractivity contribution is 0.135. The van der Waals surface area contributed by atoms with E-state index in [1.807, 2.05) is 0 Å². The van der Waals surface area contributed by atoms with Gasteiger partial charge < -0.3 is 5.32 Å². The van der Waals surface area contributed by atoms with E-state index in [9.17, 15) is 0 Å². The van der Waals surface area contributed by atoms with Crippen molar-refractivity contribution in [2.24, 2.45) is 5.41 Å². The standard InChI is InChI=1S/C12H22N2/c1-12(5-7-13-8-6-12)11-14-9-3-2-4-10-14/h2-3,13H,4-11H2,1H3. The van der Waals surface area contributed by atoms with Crippen LogP contribution in [0.2, 0.25) is 0 Å². The Labute approximate surface area is 87.4 Å². The average Bonchev–Trinajstić information content (AvgIpc) is 2.19. The van der Waals surface area contributed by atoms with Gasteiger partial charge in [0.2, 0.25) is 0 Å². The van der Waals surface area contributed by atoms with E-state index in [0.29, 0.717) is 5.41 Å². The first-order valence-electron chi connectivity index (χ1n) is 5.87. The van der Waals surface area contributed by atoms with Crippen LogP contribution in [0.4, 0.5) is 0 Å². The highest BCUT2D eigenvalue weighted by Gasteiger charge is 2.28. The van der Waals surface area contributed by atoms with E-state index in [1.54, 1.807) is 0 Å². The van der Waals surface area contributed by atoms with Gasteiger partial charge in [-0.25, -0.2) is 0 Å². The van der Waals surface area contributed by atoms with Gasteiger partial charge in [0.05, 0.1) is 0 Å². The topological polar surface area (TPSA) is 15.3 Å². The minimum absolute atomic E-state index is 0.566. The maximum Gasteiger partial charge on any atom is 0.0163 e. The number of hydrogen-bond donors (Lipinski definition) is 1. The zero-order valence-electron chi connectivity index (χ0n) is 9.26. The quantitative estimate of drug-likeness (QED) is 0.672. The normalized spacial score (nSPS) is 27.8. The van der Waals surface area contributed by atoms with Crippen LogP contribution in [0.1, 0.15) is 26.2 Å². The number of nitrogens with zero attached hydrogens (tertiary/aromatic N) is 1. The molecule has 2 heteroatoms. The molecule has 0 atom stereocenters. The average molecular weight is 194 g/mol. The van der Waals surface area contributed by atoms with Crippen LogP contribution < -0.4 is 5.32 Å². The van der Waals surface area contributed by atoms with Gasteiger partial charge in [0.15, 0.2) is 0 Å². The van der Waals surface area contributed by atoms with Crippen molar-refractivity contribution < 1.29 is 0 Å². The van der Waals surface area contributed by atoms with Gasteiger partial charge in [-0.2, -0.15) is 0 Å². The Morgan fingerprint density at radius 3 is 2.71 bits per heavy atom. The minimum atomic E-state index is 0.566. The monoisotopic (exact) mass is 194 g/mol. The molecular formula is C12H22N2. The zero-order valence-corrected chi connectivity index (χ0v) is 9.26. The summed E-state index contributed by atoms with van der Waals surface area (Å²) in [7, 11) is 0. The van der Waals surface area contributed by atoms with Crippen molar-refractivity contribution in [1.29, 1.82) is 0 Å². The number of nitrogens with one attached hydrogen (secondary N) is 1. The van der Waals surface area contributed by atoms with E-state index < -0.39 is 0 Å². The molecule has 2 heterocycles. The molecule has 0 radical (unpaired) electrons. The first-order chi connectivity index (χ1) is 6.79. The van der Waals surface area contributed by atoms with E-state index in [-0.39, 0.29) is 0 Å². The third-order valence-electron chi connectivity index (χ3n) is 3.56. The lowest BCUT2D eigenvalue weighted by Crippen LogP contribution is -2.43. The predicted octanol–water partition coefficient (Wildman–Crippen LogP) is 1.64. The summed E-state index contributed by atoms with van der Waals surface area (Å²) in [5, 5.41) is 3.44. The van der Waals surface area contributed by atoms with Gasteiger partial charge in [-0.15, -0.1) is 0 Å². The minimum Gasteiger partial charge on any atom is -0.317 e. The molecule has 0 amide bonds. The molecule has 1 fully saturated rings. The van der Waals surface area contributed by atoms with Crippen molar-refractivity contribution in [1.82, 2.24) is 10.2 Å². The maximum absolute atomic E-state index is 3.44. The molecule has 0 aliphatic carbocycles. The van der Waals surface area contributed by atoms with E-state index in [2.05, 4.69) is 29.3 Å². The van der Waals surface area contributed by atoms with Crippen LogP contribution in [-0.4, -0.2) is 37.6 Å². The summed E-state index contributed by atoms with van der Waals surface area (Å²) in [6.07, 6.45) is 8.55. The van der Waals surface area contributed by atoms with Crippen LogP contribution >= 0.6 is 0 Å². The highest BCUT2D eigenvalue weighted by Crippen LogP contribution is 2.29. The second kappa shape index (κ2) is 4.45. The summed E-state index contributed by atoms with van der Waals surface area (Å²) < 4.78 is 0. The highest BCUT2D eigenvalue weighted by molar-refractivity contribution is 4.93. The van der Waals surface area contributed by atoms with E-state index in [4.69, 9.17) is 0 Å². The van der Waals surface area contributed by atoms with Gasteiger partial charge in [-0.1, -0.05) is 19.1 Å². The van der Waals surface area contributed by atoms with Crippen molar-refractivity contribution >= 4 is 0 Å². The molecule has 0 bridgehead atoms. The Kier molecular flexibility index (Phi) is 3.24. The van der Waals surface area contributed by atoms with E-state index >= 15 is 0 Å². The third kappa shape index (κ3) is 2.58. The smallest absolute Gasteiger partial charge is 0.0163 e. The van der Waals surface area contributed by atoms with Crippen LogP contribution in [0.3, 0.4) is 0 Å². The van der Waals surface area contributed by atoms with Crippen molar-refractivity contribution in [2.75, 3.05) is 32.7 Å². The molecule has 0 aromatic rings. The maximum atomic E-state index is 3.44. The molecule has 0 aromatic carbocycles. The Balaban J connectivity index is 1.85. The van der Waals surface area contributed by atoms with Crippen molar-refractivity contribution in [3.05, 3.63) is 12.2 Å². The largest absolute Gasteiger partial charge is 0.317 e. The molecule has 14 heavy (non-hydrogen) atoms. The number of hydrogen-bond acceptors (Lipinski definition) is 2. The number of piperidine rings is 1. The van der Waals surface area contributed by atoms with Crippen LogP contribution in [0.15, 0.2) is 12.2 Å². The van der Waals surface area contributed by atoms with Crippen LogP contribution in [-0.2, 0) is 0 Å². The lowest BCUT2D eigenvalue weighted by atomic mass is 9.80. The summed E-state index contributed by atoms with van der Waals surface area (Å²) in [6.45, 7) is 8.59. The van der Waals surface area contributed by atoms with Gasteiger partial charge in [-0.3, -0.25) is 4.90 Å². The highest BCUT2D eigenvalue weighted by atomic mass is 15.1. The van der Waals surface area contributed by atoms with Gasteiger partial charge in [0.1, 0.15) is 0 Å². The molecule has 2 rings (SSSR count). The van der Waals surface area contributed by atoms with Crippen molar-refractivity contribution in [2.45, 2.75) is 26.2 Å². The van der Waals surface area contributed by atoms with Gasteiger partial charge in [0.25, 0.3) is 0 Å². The molecule has 2 nitrogen and oxygen atoms in total. The zero-order chi connectivity index (χ0) is 9.86. The van der Waals surface area contributed by atoms with Crippen LogP contribution in [0.25, 0.3) is 0 Å². The fourth-order valence-electron chi connectivity index (χ4n) is 2.56.